The van der Waals surface area contributed by atoms with Crippen molar-refractivity contribution in [3.8, 4) is 5.75 Å². The summed E-state index contributed by atoms with van der Waals surface area (Å²) in [5.41, 5.74) is 1.30. The van der Waals surface area contributed by atoms with Crippen LogP contribution in [0.5, 0.6) is 5.75 Å². The fourth-order valence-electron chi connectivity index (χ4n) is 1.53. The fraction of sp³-hybridized carbons (Fsp3) is 0.154. The fourth-order valence-corrected chi connectivity index (χ4v) is 2.20. The molecule has 18 heavy (non-hydrogen) atoms. The van der Waals surface area contributed by atoms with Gasteiger partial charge in [0.25, 0.3) is 0 Å². The van der Waals surface area contributed by atoms with Gasteiger partial charge in [0, 0.05) is 12.0 Å². The van der Waals surface area contributed by atoms with Gasteiger partial charge in [-0.25, -0.2) is 0 Å². The van der Waals surface area contributed by atoms with Gasteiger partial charge < -0.3 is 4.74 Å². The quantitative estimate of drug-likeness (QED) is 0.771. The molecule has 0 fully saturated rings. The van der Waals surface area contributed by atoms with E-state index in [0.29, 0.717) is 5.56 Å². The van der Waals surface area contributed by atoms with Crippen LogP contribution in [0, 0.1) is 0 Å². The van der Waals surface area contributed by atoms with E-state index in [9.17, 15) is 13.6 Å². The zero-order valence-electron chi connectivity index (χ0n) is 9.31. The van der Waals surface area contributed by atoms with Gasteiger partial charge in [-0.2, -0.15) is 20.1 Å². The molecule has 0 spiro atoms. The molecule has 0 unspecified atom stereocenters. The number of Topliss-reactive ketones (excluding diaryl/α,β-unsaturated/α-hetero) is 1. The maximum Gasteiger partial charge on any atom is 0.387 e. The predicted molar refractivity (Wildman–Crippen MR) is 65.4 cm³/mol. The van der Waals surface area contributed by atoms with Gasteiger partial charge >= 0.3 is 6.61 Å². The first-order valence-corrected chi connectivity index (χ1v) is 6.18. The molecule has 0 saturated carbocycles. The Morgan fingerprint density at radius 1 is 1.33 bits per heavy atom. The van der Waals surface area contributed by atoms with E-state index in [1.807, 2.05) is 16.8 Å². The van der Waals surface area contributed by atoms with Gasteiger partial charge in [0.05, 0.1) is 0 Å². The van der Waals surface area contributed by atoms with E-state index in [2.05, 4.69) is 4.74 Å². The molecule has 5 heteroatoms. The summed E-state index contributed by atoms with van der Waals surface area (Å²) in [5.74, 6) is -0.116. The number of ketones is 1. The van der Waals surface area contributed by atoms with Gasteiger partial charge in [0.15, 0.2) is 5.78 Å². The van der Waals surface area contributed by atoms with E-state index in [1.165, 1.54) is 29.5 Å². The number of carbonyl (C=O) groups excluding carboxylic acids is 1. The highest BCUT2D eigenvalue weighted by Gasteiger charge is 2.10. The monoisotopic (exact) mass is 268 g/mol. The van der Waals surface area contributed by atoms with Gasteiger partial charge in [-0.15, -0.1) is 0 Å². The first-order valence-electron chi connectivity index (χ1n) is 5.24. The molecule has 0 bridgehead atoms. The Kier molecular flexibility index (Phi) is 4.04. The lowest BCUT2D eigenvalue weighted by atomic mass is 10.1. The third kappa shape index (κ3) is 3.37. The molecular formula is C13H10F2O2S. The number of thiophene rings is 1. The van der Waals surface area contributed by atoms with Crippen molar-refractivity contribution in [1.82, 2.24) is 0 Å². The summed E-state index contributed by atoms with van der Waals surface area (Å²) in [6.45, 7) is -2.88. The number of alkyl halides is 2. The molecule has 0 aliphatic heterocycles. The van der Waals surface area contributed by atoms with Gasteiger partial charge in [-0.1, -0.05) is 12.1 Å². The average molecular weight is 268 g/mol. The number of hydrogen-bond donors (Lipinski definition) is 0. The van der Waals surface area contributed by atoms with E-state index in [-0.39, 0.29) is 18.0 Å². The lowest BCUT2D eigenvalue weighted by molar-refractivity contribution is -0.0498. The summed E-state index contributed by atoms with van der Waals surface area (Å²) in [6.07, 6.45) is 0.266. The minimum absolute atomic E-state index is 0.00108. The summed E-state index contributed by atoms with van der Waals surface area (Å²) in [7, 11) is 0. The Bertz CT molecular complexity index is 524. The molecule has 2 nitrogen and oxygen atoms in total. The highest BCUT2D eigenvalue weighted by Crippen LogP contribution is 2.18. The molecule has 2 aromatic rings. The smallest absolute Gasteiger partial charge is 0.387 e. The third-order valence-corrected chi connectivity index (χ3v) is 3.06. The van der Waals surface area contributed by atoms with Crippen molar-refractivity contribution in [2.45, 2.75) is 13.0 Å². The normalized spacial score (nSPS) is 10.6. The van der Waals surface area contributed by atoms with Gasteiger partial charge in [-0.3, -0.25) is 4.79 Å². The molecule has 94 valence electrons. The predicted octanol–water partition coefficient (Wildman–Crippen LogP) is 3.77. The van der Waals surface area contributed by atoms with E-state index < -0.39 is 6.61 Å². The number of rotatable bonds is 5. The van der Waals surface area contributed by atoms with E-state index in [0.717, 1.165) is 5.56 Å². The van der Waals surface area contributed by atoms with Crippen LogP contribution >= 0.6 is 11.3 Å². The van der Waals surface area contributed by atoms with Crippen molar-refractivity contribution in [2.75, 3.05) is 0 Å². The Labute approximate surface area is 107 Å². The molecule has 2 rings (SSSR count). The molecule has 0 N–H and O–H groups in total. The Morgan fingerprint density at radius 3 is 2.83 bits per heavy atom. The van der Waals surface area contributed by atoms with E-state index in [1.54, 1.807) is 6.07 Å². The van der Waals surface area contributed by atoms with Crippen LogP contribution in [-0.2, 0) is 6.42 Å². The van der Waals surface area contributed by atoms with Crippen LogP contribution in [0.15, 0.2) is 41.1 Å². The van der Waals surface area contributed by atoms with Crippen LogP contribution < -0.4 is 4.74 Å². The van der Waals surface area contributed by atoms with Gasteiger partial charge in [0.1, 0.15) is 5.75 Å². The molecule has 0 amide bonds. The number of benzene rings is 1. The lowest BCUT2D eigenvalue weighted by Crippen LogP contribution is -2.05. The minimum Gasteiger partial charge on any atom is -0.435 e. The van der Waals surface area contributed by atoms with Crippen molar-refractivity contribution >= 4 is 17.1 Å². The number of halogens is 2. The molecule has 0 saturated heterocycles. The molecule has 0 aliphatic carbocycles. The van der Waals surface area contributed by atoms with E-state index in [4.69, 9.17) is 0 Å². The van der Waals surface area contributed by atoms with Crippen LogP contribution in [0.25, 0.3) is 0 Å². The minimum atomic E-state index is -2.88. The van der Waals surface area contributed by atoms with Gasteiger partial charge in [-0.05, 0) is 34.5 Å². The highest BCUT2D eigenvalue weighted by atomic mass is 32.1. The SMILES string of the molecule is O=C(Cc1ccsc1)c1cccc(OC(F)F)c1. The van der Waals surface area contributed by atoms with Crippen molar-refractivity contribution in [3.05, 3.63) is 52.2 Å². The summed E-state index contributed by atoms with van der Waals surface area (Å²) in [5, 5.41) is 3.77. The summed E-state index contributed by atoms with van der Waals surface area (Å²) in [4.78, 5) is 11.9. The number of ether oxygens (including phenoxy) is 1. The van der Waals surface area contributed by atoms with Crippen molar-refractivity contribution in [1.29, 1.82) is 0 Å². The first-order chi connectivity index (χ1) is 8.65. The molecule has 1 aromatic heterocycles. The standard InChI is InChI=1S/C13H10F2O2S/c14-13(15)17-11-3-1-2-10(7-11)12(16)6-9-4-5-18-8-9/h1-5,7-8,13H,6H2. The van der Waals surface area contributed by atoms with Gasteiger partial charge in [0.2, 0.25) is 0 Å². The van der Waals surface area contributed by atoms with Crippen LogP contribution in [0.3, 0.4) is 0 Å². The Balaban J connectivity index is 2.10. The third-order valence-electron chi connectivity index (χ3n) is 2.33. The lowest BCUT2D eigenvalue weighted by Gasteiger charge is -2.06. The average Bonchev–Trinajstić information content (AvgIpc) is 2.81. The second-order valence-electron chi connectivity index (χ2n) is 3.64. The zero-order chi connectivity index (χ0) is 13.0. The summed E-state index contributed by atoms with van der Waals surface area (Å²) < 4.78 is 28.4. The maximum atomic E-state index is 12.1. The second kappa shape index (κ2) is 5.73. The molecule has 0 radical (unpaired) electrons. The second-order valence-corrected chi connectivity index (χ2v) is 4.42. The van der Waals surface area contributed by atoms with Crippen LogP contribution in [0.2, 0.25) is 0 Å². The molecule has 0 aliphatic rings. The molecule has 1 heterocycles. The Hall–Kier alpha value is -1.75. The highest BCUT2D eigenvalue weighted by molar-refractivity contribution is 7.08. The van der Waals surface area contributed by atoms with Crippen LogP contribution in [0.4, 0.5) is 8.78 Å². The van der Waals surface area contributed by atoms with Crippen LogP contribution in [0.1, 0.15) is 15.9 Å². The summed E-state index contributed by atoms with van der Waals surface area (Å²) in [6, 6.07) is 7.71. The largest absolute Gasteiger partial charge is 0.435 e. The first kappa shape index (κ1) is 12.7. The summed E-state index contributed by atoms with van der Waals surface area (Å²) >= 11 is 1.51. The number of hydrogen-bond acceptors (Lipinski definition) is 3. The maximum absolute atomic E-state index is 12.1. The zero-order valence-corrected chi connectivity index (χ0v) is 10.1. The number of carbonyl (C=O) groups is 1. The van der Waals surface area contributed by atoms with Crippen LogP contribution in [-0.4, -0.2) is 12.4 Å². The van der Waals surface area contributed by atoms with Crippen molar-refractivity contribution in [3.63, 3.8) is 0 Å². The molecular weight excluding hydrogens is 258 g/mol. The molecule has 0 atom stereocenters. The van der Waals surface area contributed by atoms with E-state index >= 15 is 0 Å². The van der Waals surface area contributed by atoms with Crippen molar-refractivity contribution in [2.24, 2.45) is 0 Å². The van der Waals surface area contributed by atoms with Crippen molar-refractivity contribution < 1.29 is 18.3 Å². The Morgan fingerprint density at radius 2 is 2.17 bits per heavy atom. The molecule has 1 aromatic carbocycles. The topological polar surface area (TPSA) is 26.3 Å².